The van der Waals surface area contributed by atoms with Crippen molar-refractivity contribution >= 4 is 42.9 Å². The van der Waals surface area contributed by atoms with E-state index in [1.165, 1.54) is 76.2 Å². The standard InChI is InChI=1S/C39H30N2S/c1-2-10-28-25(9-1)23-24-40-38(28)26-17-19-27(20-18-26)41-34-15-7-5-12-30(34)29-11-3-4-14-32(29)37-35(41)22-21-33-31-13-6-8-16-36(31)42-39(33)37/h1,3-9,11-17,19,21-24,38,40H,2,10,18,20H2. The molecule has 0 radical (unpaired) electrons. The van der Waals surface area contributed by atoms with Gasteiger partial charge in [-0.1, -0.05) is 85.0 Å². The van der Waals surface area contributed by atoms with Crippen molar-refractivity contribution in [2.45, 2.75) is 31.7 Å². The summed E-state index contributed by atoms with van der Waals surface area (Å²) in [5.41, 5.74) is 13.5. The first kappa shape index (κ1) is 24.0. The van der Waals surface area contributed by atoms with Crippen LogP contribution in [-0.4, -0.2) is 6.04 Å². The van der Waals surface area contributed by atoms with E-state index in [0.29, 0.717) is 6.04 Å². The summed E-state index contributed by atoms with van der Waals surface area (Å²) in [5.74, 6) is 0. The average molecular weight is 559 g/mol. The third-order valence-electron chi connectivity index (χ3n) is 9.34. The van der Waals surface area contributed by atoms with Crippen LogP contribution in [0.5, 0.6) is 0 Å². The number of thiophene rings is 1. The number of dihydropyridines is 1. The van der Waals surface area contributed by atoms with Crippen LogP contribution in [0.3, 0.4) is 0 Å². The predicted octanol–water partition coefficient (Wildman–Crippen LogP) is 10.6. The van der Waals surface area contributed by atoms with E-state index in [9.17, 15) is 0 Å². The summed E-state index contributed by atoms with van der Waals surface area (Å²) in [5, 5.41) is 6.37. The molecule has 0 bridgehead atoms. The van der Waals surface area contributed by atoms with Crippen molar-refractivity contribution in [2.75, 3.05) is 4.90 Å². The van der Waals surface area contributed by atoms with E-state index in [1.54, 1.807) is 0 Å². The number of nitrogens with zero attached hydrogens (tertiary/aromatic N) is 1. The van der Waals surface area contributed by atoms with Gasteiger partial charge < -0.3 is 10.2 Å². The number of benzene rings is 4. The van der Waals surface area contributed by atoms with Crippen LogP contribution < -0.4 is 10.2 Å². The summed E-state index contributed by atoms with van der Waals surface area (Å²) in [6.07, 6.45) is 18.1. The van der Waals surface area contributed by atoms with Crippen LogP contribution >= 0.6 is 11.3 Å². The molecule has 3 heteroatoms. The van der Waals surface area contributed by atoms with Gasteiger partial charge in [-0.2, -0.15) is 0 Å². The normalized spacial score (nSPS) is 19.0. The third-order valence-corrected chi connectivity index (χ3v) is 10.5. The molecule has 1 aromatic heterocycles. The smallest absolute Gasteiger partial charge is 0.0693 e. The van der Waals surface area contributed by atoms with E-state index in [4.69, 9.17) is 0 Å². The monoisotopic (exact) mass is 558 g/mol. The topological polar surface area (TPSA) is 15.3 Å². The van der Waals surface area contributed by atoms with E-state index in [2.05, 4.69) is 132 Å². The van der Waals surface area contributed by atoms with Crippen LogP contribution in [0.1, 0.15) is 25.7 Å². The minimum atomic E-state index is 0.305. The maximum absolute atomic E-state index is 3.69. The van der Waals surface area contributed by atoms with Crippen molar-refractivity contribution in [2.24, 2.45) is 0 Å². The molecule has 2 aliphatic carbocycles. The highest BCUT2D eigenvalue weighted by Gasteiger charge is 2.31. The minimum absolute atomic E-state index is 0.305. The van der Waals surface area contributed by atoms with Crippen LogP contribution in [0.15, 0.2) is 144 Å². The second-order valence-electron chi connectivity index (χ2n) is 11.6. The van der Waals surface area contributed by atoms with Gasteiger partial charge in [0.2, 0.25) is 0 Å². The van der Waals surface area contributed by atoms with Crippen LogP contribution in [0.2, 0.25) is 0 Å². The molecule has 42 heavy (non-hydrogen) atoms. The quantitative estimate of drug-likeness (QED) is 0.232. The third kappa shape index (κ3) is 3.57. The van der Waals surface area contributed by atoms with E-state index < -0.39 is 0 Å². The maximum Gasteiger partial charge on any atom is 0.0693 e. The Morgan fingerprint density at radius 2 is 1.52 bits per heavy atom. The van der Waals surface area contributed by atoms with E-state index in [-0.39, 0.29) is 0 Å². The molecule has 0 saturated heterocycles. The summed E-state index contributed by atoms with van der Waals surface area (Å²) in [6, 6.07) is 31.8. The molecule has 202 valence electrons. The van der Waals surface area contributed by atoms with Crippen molar-refractivity contribution in [3.05, 3.63) is 144 Å². The number of allylic oxidation sites excluding steroid dienone is 7. The zero-order valence-electron chi connectivity index (χ0n) is 23.3. The predicted molar refractivity (Wildman–Crippen MR) is 179 cm³/mol. The lowest BCUT2D eigenvalue weighted by Gasteiger charge is -2.34. The van der Waals surface area contributed by atoms with Crippen LogP contribution in [0.25, 0.3) is 42.4 Å². The summed E-state index contributed by atoms with van der Waals surface area (Å²) < 4.78 is 2.71. The Labute approximate surface area is 250 Å². The minimum Gasteiger partial charge on any atom is -0.381 e. The van der Waals surface area contributed by atoms with Crippen LogP contribution in [0, 0.1) is 0 Å². The molecule has 3 heterocycles. The van der Waals surface area contributed by atoms with Gasteiger partial charge in [0.1, 0.15) is 0 Å². The molecule has 9 rings (SSSR count). The number of anilines is 2. The average Bonchev–Trinajstić information content (AvgIpc) is 3.38. The summed E-state index contributed by atoms with van der Waals surface area (Å²) >= 11 is 1.92. The first-order valence-electron chi connectivity index (χ1n) is 15.0. The number of fused-ring (bicyclic) bond motifs is 9. The van der Waals surface area contributed by atoms with Crippen molar-refractivity contribution in [1.29, 1.82) is 0 Å². The number of rotatable bonds is 2. The molecule has 1 unspecified atom stereocenters. The number of nitrogens with one attached hydrogen (secondary N) is 1. The van der Waals surface area contributed by atoms with E-state index in [1.807, 2.05) is 11.3 Å². The number of para-hydroxylation sites is 1. The molecular formula is C39H30N2S. The number of hydrogen-bond donors (Lipinski definition) is 1. The Bertz CT molecular complexity index is 2080. The van der Waals surface area contributed by atoms with Gasteiger partial charge in [-0.3, -0.25) is 0 Å². The lowest BCUT2D eigenvalue weighted by molar-refractivity contribution is 0.656. The first-order chi connectivity index (χ1) is 20.8. The van der Waals surface area contributed by atoms with Crippen LogP contribution in [0.4, 0.5) is 11.4 Å². The summed E-state index contributed by atoms with van der Waals surface area (Å²) in [4.78, 5) is 2.56. The Balaban J connectivity index is 1.26. The van der Waals surface area contributed by atoms with Crippen molar-refractivity contribution in [3.63, 3.8) is 0 Å². The fourth-order valence-corrected chi connectivity index (χ4v) is 8.66. The van der Waals surface area contributed by atoms with Crippen molar-refractivity contribution < 1.29 is 0 Å². The highest BCUT2D eigenvalue weighted by molar-refractivity contribution is 7.26. The molecule has 1 atom stereocenters. The highest BCUT2D eigenvalue weighted by Crippen LogP contribution is 2.54. The van der Waals surface area contributed by atoms with Gasteiger partial charge in [0.25, 0.3) is 0 Å². The van der Waals surface area contributed by atoms with Gasteiger partial charge in [-0.15, -0.1) is 11.3 Å². The van der Waals surface area contributed by atoms with Gasteiger partial charge >= 0.3 is 0 Å². The molecule has 0 amide bonds. The molecule has 0 fully saturated rings. The fraction of sp³-hybridized carbons (Fsp3) is 0.128. The van der Waals surface area contributed by atoms with Crippen molar-refractivity contribution in [3.8, 4) is 22.3 Å². The molecule has 0 spiro atoms. The maximum atomic E-state index is 3.69. The molecule has 4 aliphatic rings. The Hall–Kier alpha value is -4.60. The lowest BCUT2D eigenvalue weighted by atomic mass is 9.83. The highest BCUT2D eigenvalue weighted by atomic mass is 32.1. The second-order valence-corrected chi connectivity index (χ2v) is 12.6. The zero-order chi connectivity index (χ0) is 27.6. The Morgan fingerprint density at radius 1 is 0.690 bits per heavy atom. The Morgan fingerprint density at radius 3 is 2.43 bits per heavy atom. The molecule has 4 aromatic carbocycles. The first-order valence-corrected chi connectivity index (χ1v) is 15.8. The molecule has 1 N–H and O–H groups in total. The largest absolute Gasteiger partial charge is 0.381 e. The Kier molecular flexibility index (Phi) is 5.42. The van der Waals surface area contributed by atoms with Crippen molar-refractivity contribution in [1.82, 2.24) is 5.32 Å². The summed E-state index contributed by atoms with van der Waals surface area (Å²) in [7, 11) is 0. The van der Waals surface area contributed by atoms with Gasteiger partial charge in [0.15, 0.2) is 0 Å². The SMILES string of the molecule is C1=CC2=C(CC1)C(C1=CC=C(N3c4ccccc4-c4ccccc4-c4c3ccc3c4sc4ccccc43)CC1)NC=C2. The fourth-order valence-electron chi connectivity index (χ4n) is 7.41. The summed E-state index contributed by atoms with van der Waals surface area (Å²) in [6.45, 7) is 0. The van der Waals surface area contributed by atoms with Gasteiger partial charge in [0.05, 0.1) is 17.4 Å². The van der Waals surface area contributed by atoms with Crippen LogP contribution in [-0.2, 0) is 0 Å². The molecular weight excluding hydrogens is 529 g/mol. The second kappa shape index (κ2) is 9.47. The molecule has 0 saturated carbocycles. The molecule has 5 aromatic rings. The van der Waals surface area contributed by atoms with E-state index >= 15 is 0 Å². The van der Waals surface area contributed by atoms with Gasteiger partial charge in [0, 0.05) is 37.0 Å². The molecule has 2 aliphatic heterocycles. The molecule has 2 nitrogen and oxygen atoms in total. The van der Waals surface area contributed by atoms with E-state index in [0.717, 1.165) is 25.7 Å². The van der Waals surface area contributed by atoms with Gasteiger partial charge in [-0.05, 0) is 90.1 Å². The van der Waals surface area contributed by atoms with Gasteiger partial charge in [-0.25, -0.2) is 0 Å². The number of hydrogen-bond acceptors (Lipinski definition) is 3. The zero-order valence-corrected chi connectivity index (χ0v) is 24.1. The lowest BCUT2D eigenvalue weighted by Crippen LogP contribution is -2.33.